The Kier molecular flexibility index (Phi) is 6.02. The van der Waals surface area contributed by atoms with Crippen molar-refractivity contribution in [3.8, 4) is 0 Å². The normalized spacial score (nSPS) is 32.1. The van der Waals surface area contributed by atoms with Crippen LogP contribution in [0.25, 0.3) is 0 Å². The van der Waals surface area contributed by atoms with Crippen molar-refractivity contribution in [1.29, 1.82) is 0 Å². The third-order valence-corrected chi connectivity index (χ3v) is 9.40. The van der Waals surface area contributed by atoms with Crippen molar-refractivity contribution in [2.75, 3.05) is 6.61 Å². The van der Waals surface area contributed by atoms with Gasteiger partial charge in [-0.3, -0.25) is 0 Å². The largest absolute Gasteiger partial charge is 0.413 e. The second kappa shape index (κ2) is 6.73. The molecule has 118 valence electrons. The Bertz CT molecular complexity index is 322. The minimum absolute atomic E-state index is 0.0617. The van der Waals surface area contributed by atoms with Crippen LogP contribution >= 0.6 is 0 Å². The summed E-state index contributed by atoms with van der Waals surface area (Å²) in [7, 11) is -1.79. The SMILES string of the molecule is C=CC[C@H]1C[C@H](O[Si](C)(C)C(C)(C)C)[C@@H](C)[C@@H](CO)O1. The molecule has 0 saturated carbocycles. The van der Waals surface area contributed by atoms with Crippen LogP contribution in [0.2, 0.25) is 18.1 Å². The van der Waals surface area contributed by atoms with E-state index in [1.807, 2.05) is 6.08 Å². The molecule has 0 unspecified atom stereocenters. The second-order valence-electron chi connectivity index (χ2n) is 7.51. The molecule has 1 rings (SSSR count). The van der Waals surface area contributed by atoms with Gasteiger partial charge in [-0.25, -0.2) is 0 Å². The number of aliphatic hydroxyl groups is 1. The van der Waals surface area contributed by atoms with Gasteiger partial charge in [0.1, 0.15) is 0 Å². The first kappa shape index (κ1) is 17.9. The van der Waals surface area contributed by atoms with Crippen LogP contribution < -0.4 is 0 Å². The van der Waals surface area contributed by atoms with Gasteiger partial charge in [0.05, 0.1) is 24.9 Å². The molecular formula is C16H32O3Si. The van der Waals surface area contributed by atoms with Crippen molar-refractivity contribution in [1.82, 2.24) is 0 Å². The van der Waals surface area contributed by atoms with Gasteiger partial charge in [-0.1, -0.05) is 33.8 Å². The molecule has 20 heavy (non-hydrogen) atoms. The Morgan fingerprint density at radius 3 is 2.45 bits per heavy atom. The lowest BCUT2D eigenvalue weighted by atomic mass is 9.89. The summed E-state index contributed by atoms with van der Waals surface area (Å²) in [5.41, 5.74) is 0. The maximum Gasteiger partial charge on any atom is 0.192 e. The molecule has 0 aromatic rings. The molecule has 4 atom stereocenters. The van der Waals surface area contributed by atoms with Crippen molar-refractivity contribution in [3.05, 3.63) is 12.7 Å². The van der Waals surface area contributed by atoms with E-state index in [1.54, 1.807) is 0 Å². The maximum absolute atomic E-state index is 9.53. The van der Waals surface area contributed by atoms with Gasteiger partial charge >= 0.3 is 0 Å². The fourth-order valence-corrected chi connectivity index (χ4v) is 3.82. The molecule has 0 radical (unpaired) electrons. The number of rotatable bonds is 5. The molecular weight excluding hydrogens is 268 g/mol. The smallest absolute Gasteiger partial charge is 0.192 e. The molecule has 0 aliphatic carbocycles. The zero-order chi connectivity index (χ0) is 15.6. The summed E-state index contributed by atoms with van der Waals surface area (Å²) in [6, 6.07) is 0. The highest BCUT2D eigenvalue weighted by molar-refractivity contribution is 6.74. The summed E-state index contributed by atoms with van der Waals surface area (Å²) in [5, 5.41) is 9.73. The van der Waals surface area contributed by atoms with Crippen LogP contribution in [0.3, 0.4) is 0 Å². The van der Waals surface area contributed by atoms with Gasteiger partial charge < -0.3 is 14.3 Å². The molecule has 0 bridgehead atoms. The number of ether oxygens (including phenoxy) is 1. The lowest BCUT2D eigenvalue weighted by molar-refractivity contribution is -0.139. The molecule has 1 saturated heterocycles. The van der Waals surface area contributed by atoms with E-state index in [9.17, 15) is 5.11 Å². The van der Waals surface area contributed by atoms with Crippen molar-refractivity contribution >= 4 is 8.32 Å². The van der Waals surface area contributed by atoms with E-state index in [2.05, 4.69) is 47.4 Å². The van der Waals surface area contributed by atoms with E-state index < -0.39 is 8.32 Å². The Morgan fingerprint density at radius 1 is 1.40 bits per heavy atom. The highest BCUT2D eigenvalue weighted by Crippen LogP contribution is 2.40. The number of hydrogen-bond donors (Lipinski definition) is 1. The van der Waals surface area contributed by atoms with Crippen LogP contribution in [-0.2, 0) is 9.16 Å². The van der Waals surface area contributed by atoms with E-state index in [4.69, 9.17) is 9.16 Å². The minimum atomic E-state index is -1.79. The first-order valence-electron chi connectivity index (χ1n) is 7.67. The predicted octanol–water partition coefficient (Wildman–Crippen LogP) is 3.74. The molecule has 1 N–H and O–H groups in total. The molecule has 0 aromatic heterocycles. The molecule has 1 aliphatic rings. The lowest BCUT2D eigenvalue weighted by Gasteiger charge is -2.46. The minimum Gasteiger partial charge on any atom is -0.413 e. The van der Waals surface area contributed by atoms with Gasteiger partial charge in [0.25, 0.3) is 0 Å². The third-order valence-electron chi connectivity index (χ3n) is 4.90. The summed E-state index contributed by atoms with van der Waals surface area (Å²) < 4.78 is 12.5. The van der Waals surface area contributed by atoms with Gasteiger partial charge in [0, 0.05) is 5.92 Å². The summed E-state index contributed by atoms with van der Waals surface area (Å²) >= 11 is 0. The zero-order valence-corrected chi connectivity index (χ0v) is 15.0. The second-order valence-corrected chi connectivity index (χ2v) is 12.3. The van der Waals surface area contributed by atoms with Gasteiger partial charge in [0.2, 0.25) is 0 Å². The van der Waals surface area contributed by atoms with Gasteiger partial charge in [0.15, 0.2) is 8.32 Å². The van der Waals surface area contributed by atoms with Gasteiger partial charge in [-0.15, -0.1) is 6.58 Å². The van der Waals surface area contributed by atoms with Crippen molar-refractivity contribution in [3.63, 3.8) is 0 Å². The van der Waals surface area contributed by atoms with Crippen LogP contribution in [0.4, 0.5) is 0 Å². The molecule has 1 fully saturated rings. The first-order chi connectivity index (χ1) is 9.12. The molecule has 1 heterocycles. The monoisotopic (exact) mass is 300 g/mol. The quantitative estimate of drug-likeness (QED) is 0.621. The summed E-state index contributed by atoms with van der Waals surface area (Å²) in [6.45, 7) is 17.3. The van der Waals surface area contributed by atoms with Crippen molar-refractivity contribution in [2.24, 2.45) is 5.92 Å². The van der Waals surface area contributed by atoms with Crippen LogP contribution in [0, 0.1) is 5.92 Å². The van der Waals surface area contributed by atoms with Crippen LogP contribution in [-0.4, -0.2) is 38.3 Å². The number of hydrogen-bond acceptors (Lipinski definition) is 3. The maximum atomic E-state index is 9.53. The average molecular weight is 301 g/mol. The summed E-state index contributed by atoms with van der Waals surface area (Å²) in [5.74, 6) is 0.232. The Morgan fingerprint density at radius 2 is 2.00 bits per heavy atom. The average Bonchev–Trinajstić information content (AvgIpc) is 2.31. The van der Waals surface area contributed by atoms with E-state index in [0.29, 0.717) is 0 Å². The molecule has 3 nitrogen and oxygen atoms in total. The Balaban J connectivity index is 2.82. The highest BCUT2D eigenvalue weighted by Gasteiger charge is 2.43. The van der Waals surface area contributed by atoms with Crippen molar-refractivity contribution in [2.45, 2.75) is 77.0 Å². The van der Waals surface area contributed by atoms with Gasteiger partial charge in [-0.05, 0) is 31.0 Å². The molecule has 1 aliphatic heterocycles. The highest BCUT2D eigenvalue weighted by atomic mass is 28.4. The zero-order valence-electron chi connectivity index (χ0n) is 14.0. The van der Waals surface area contributed by atoms with Crippen molar-refractivity contribution < 1.29 is 14.3 Å². The topological polar surface area (TPSA) is 38.7 Å². The summed E-state index contributed by atoms with van der Waals surface area (Å²) in [6.07, 6.45) is 3.78. The number of aliphatic hydroxyl groups excluding tert-OH is 1. The van der Waals surface area contributed by atoms with Gasteiger partial charge in [-0.2, -0.15) is 0 Å². The fraction of sp³-hybridized carbons (Fsp3) is 0.875. The molecule has 4 heteroatoms. The van der Waals surface area contributed by atoms with E-state index >= 15 is 0 Å². The molecule has 0 aromatic carbocycles. The molecule has 0 spiro atoms. The van der Waals surface area contributed by atoms with Crippen LogP contribution in [0.5, 0.6) is 0 Å². The van der Waals surface area contributed by atoms with Crippen LogP contribution in [0.1, 0.15) is 40.5 Å². The standard InChI is InChI=1S/C16H32O3Si/c1-8-9-13-10-14(12(2)15(11-17)18-13)19-20(6,7)16(3,4)5/h8,12-15,17H,1,9-11H2,2-7H3/t12-,13+,14+,15-/m1/s1. The Labute approximate surface area is 125 Å². The Hall–Kier alpha value is -0.163. The van der Waals surface area contributed by atoms with E-state index in [0.717, 1.165) is 12.8 Å². The first-order valence-corrected chi connectivity index (χ1v) is 10.6. The fourth-order valence-electron chi connectivity index (χ4n) is 2.40. The van der Waals surface area contributed by atoms with E-state index in [-0.39, 0.29) is 35.9 Å². The molecule has 0 amide bonds. The lowest BCUT2D eigenvalue weighted by Crippen LogP contribution is -2.52. The summed E-state index contributed by atoms with van der Waals surface area (Å²) in [4.78, 5) is 0. The van der Waals surface area contributed by atoms with Crippen LogP contribution in [0.15, 0.2) is 12.7 Å². The predicted molar refractivity (Wildman–Crippen MR) is 86.4 cm³/mol. The van der Waals surface area contributed by atoms with E-state index in [1.165, 1.54) is 0 Å². The third kappa shape index (κ3) is 4.17.